The molecule has 0 bridgehead atoms. The van der Waals surface area contributed by atoms with Gasteiger partial charge in [0.05, 0.1) is 12.7 Å². The van der Waals surface area contributed by atoms with Gasteiger partial charge in [-0.3, -0.25) is 4.79 Å². The number of amides is 1. The number of carbonyl (C=O) groups excluding carboxylic acids is 1. The van der Waals surface area contributed by atoms with Gasteiger partial charge in [-0.2, -0.15) is 5.10 Å². The van der Waals surface area contributed by atoms with Crippen molar-refractivity contribution in [3.63, 3.8) is 0 Å². The smallest absolute Gasteiger partial charge is 0.229 e. The summed E-state index contributed by atoms with van der Waals surface area (Å²) in [4.78, 5) is 12.6. The zero-order chi connectivity index (χ0) is 18.1. The number of aryl methyl sites for hydroxylation is 1. The van der Waals surface area contributed by atoms with Crippen LogP contribution in [0, 0.1) is 12.8 Å². The predicted octanol–water partition coefficient (Wildman–Crippen LogP) is 4.64. The standard InChI is InChI=1S/C21H20ClN3O/c1-14-6-8-15(9-7-14)13-25-20(10-11-23-25)24-21(26)18-12-17(18)16-4-2-3-5-19(16)22/h2-11,17-18H,12-13H2,1H3,(H,24,26). The van der Waals surface area contributed by atoms with Crippen molar-refractivity contribution in [1.82, 2.24) is 9.78 Å². The third-order valence-corrected chi connectivity index (χ3v) is 5.20. The van der Waals surface area contributed by atoms with E-state index in [-0.39, 0.29) is 17.7 Å². The van der Waals surface area contributed by atoms with E-state index in [0.717, 1.165) is 28.4 Å². The highest BCUT2D eigenvalue weighted by molar-refractivity contribution is 6.31. The molecule has 1 aliphatic carbocycles. The molecular formula is C21H20ClN3O. The summed E-state index contributed by atoms with van der Waals surface area (Å²) in [5.41, 5.74) is 3.43. The predicted molar refractivity (Wildman–Crippen MR) is 103 cm³/mol. The van der Waals surface area contributed by atoms with Crippen molar-refractivity contribution in [3.8, 4) is 0 Å². The van der Waals surface area contributed by atoms with E-state index in [2.05, 4.69) is 41.6 Å². The van der Waals surface area contributed by atoms with Crippen molar-refractivity contribution in [3.05, 3.63) is 82.5 Å². The maximum absolute atomic E-state index is 12.6. The fourth-order valence-corrected chi connectivity index (χ4v) is 3.53. The fraction of sp³-hybridized carbons (Fsp3) is 0.238. The minimum atomic E-state index is -0.0300. The van der Waals surface area contributed by atoms with Gasteiger partial charge in [-0.1, -0.05) is 59.6 Å². The summed E-state index contributed by atoms with van der Waals surface area (Å²) in [6.45, 7) is 2.69. The highest BCUT2D eigenvalue weighted by atomic mass is 35.5. The Morgan fingerprint density at radius 1 is 1.19 bits per heavy atom. The van der Waals surface area contributed by atoms with Crippen molar-refractivity contribution in [2.75, 3.05) is 5.32 Å². The van der Waals surface area contributed by atoms with E-state index in [9.17, 15) is 4.79 Å². The summed E-state index contributed by atoms with van der Waals surface area (Å²) < 4.78 is 1.81. The number of anilines is 1. The first-order valence-corrected chi connectivity index (χ1v) is 9.12. The van der Waals surface area contributed by atoms with Gasteiger partial charge < -0.3 is 5.32 Å². The van der Waals surface area contributed by atoms with Gasteiger partial charge >= 0.3 is 0 Å². The monoisotopic (exact) mass is 365 g/mol. The minimum Gasteiger partial charge on any atom is -0.311 e. The Labute approximate surface area is 157 Å². The molecule has 1 saturated carbocycles. The average molecular weight is 366 g/mol. The number of carbonyl (C=O) groups is 1. The van der Waals surface area contributed by atoms with Crippen LogP contribution in [-0.4, -0.2) is 15.7 Å². The fourth-order valence-electron chi connectivity index (χ4n) is 3.25. The molecule has 1 amide bonds. The first kappa shape index (κ1) is 16.9. The molecule has 2 unspecified atom stereocenters. The van der Waals surface area contributed by atoms with Crippen LogP contribution < -0.4 is 5.32 Å². The van der Waals surface area contributed by atoms with Crippen LogP contribution in [0.2, 0.25) is 5.02 Å². The zero-order valence-corrected chi connectivity index (χ0v) is 15.3. The molecular weight excluding hydrogens is 346 g/mol. The van der Waals surface area contributed by atoms with Crippen LogP contribution in [0.15, 0.2) is 60.8 Å². The highest BCUT2D eigenvalue weighted by Gasteiger charge is 2.45. The molecule has 1 fully saturated rings. The molecule has 0 saturated heterocycles. The summed E-state index contributed by atoms with van der Waals surface area (Å²) >= 11 is 6.25. The number of halogens is 1. The molecule has 4 nitrogen and oxygen atoms in total. The maximum atomic E-state index is 12.6. The van der Waals surface area contributed by atoms with Gasteiger partial charge in [0.15, 0.2) is 0 Å². The van der Waals surface area contributed by atoms with Gasteiger partial charge in [-0.05, 0) is 36.5 Å². The lowest BCUT2D eigenvalue weighted by Crippen LogP contribution is -2.18. The van der Waals surface area contributed by atoms with Crippen molar-refractivity contribution >= 4 is 23.3 Å². The molecule has 2 aromatic carbocycles. The molecule has 26 heavy (non-hydrogen) atoms. The number of hydrogen-bond donors (Lipinski definition) is 1. The Kier molecular flexibility index (Phi) is 4.51. The van der Waals surface area contributed by atoms with E-state index in [1.807, 2.05) is 35.0 Å². The molecule has 1 heterocycles. The summed E-state index contributed by atoms with van der Waals surface area (Å²) in [6.07, 6.45) is 2.55. The van der Waals surface area contributed by atoms with E-state index < -0.39 is 0 Å². The molecule has 0 aliphatic heterocycles. The second-order valence-electron chi connectivity index (χ2n) is 6.82. The topological polar surface area (TPSA) is 46.9 Å². The maximum Gasteiger partial charge on any atom is 0.229 e. The first-order chi connectivity index (χ1) is 12.6. The van der Waals surface area contributed by atoms with Gasteiger partial charge in [0.1, 0.15) is 5.82 Å². The van der Waals surface area contributed by atoms with Crippen LogP contribution in [0.25, 0.3) is 0 Å². The van der Waals surface area contributed by atoms with Crippen molar-refractivity contribution in [1.29, 1.82) is 0 Å². The lowest BCUT2D eigenvalue weighted by molar-refractivity contribution is -0.117. The Balaban J connectivity index is 1.42. The van der Waals surface area contributed by atoms with Gasteiger partial charge in [-0.15, -0.1) is 0 Å². The lowest BCUT2D eigenvalue weighted by Gasteiger charge is -2.10. The van der Waals surface area contributed by atoms with Gasteiger partial charge in [0.25, 0.3) is 0 Å². The number of hydrogen-bond acceptors (Lipinski definition) is 2. The first-order valence-electron chi connectivity index (χ1n) is 8.74. The number of nitrogens with one attached hydrogen (secondary N) is 1. The van der Waals surface area contributed by atoms with Crippen molar-refractivity contribution in [2.45, 2.75) is 25.8 Å². The average Bonchev–Trinajstić information content (AvgIpc) is 3.32. The molecule has 0 spiro atoms. The second kappa shape index (κ2) is 6.96. The summed E-state index contributed by atoms with van der Waals surface area (Å²) in [6, 6.07) is 17.9. The Morgan fingerprint density at radius 3 is 2.73 bits per heavy atom. The molecule has 1 aromatic heterocycles. The third kappa shape index (κ3) is 3.51. The molecule has 3 aromatic rings. The van der Waals surface area contributed by atoms with E-state index in [1.54, 1.807) is 6.20 Å². The molecule has 132 valence electrons. The van der Waals surface area contributed by atoms with Crippen LogP contribution in [0.5, 0.6) is 0 Å². The van der Waals surface area contributed by atoms with Crippen LogP contribution in [0.3, 0.4) is 0 Å². The molecule has 2 atom stereocenters. The minimum absolute atomic E-state index is 0.0283. The van der Waals surface area contributed by atoms with Crippen LogP contribution in [0.4, 0.5) is 5.82 Å². The van der Waals surface area contributed by atoms with Crippen LogP contribution >= 0.6 is 11.6 Å². The van der Waals surface area contributed by atoms with E-state index in [1.165, 1.54) is 5.56 Å². The van der Waals surface area contributed by atoms with Gasteiger partial charge in [0, 0.05) is 17.0 Å². The largest absolute Gasteiger partial charge is 0.311 e. The Morgan fingerprint density at radius 2 is 1.96 bits per heavy atom. The number of nitrogens with zero attached hydrogens (tertiary/aromatic N) is 2. The molecule has 5 heteroatoms. The van der Waals surface area contributed by atoms with E-state index in [4.69, 9.17) is 11.6 Å². The van der Waals surface area contributed by atoms with Gasteiger partial charge in [0.2, 0.25) is 5.91 Å². The normalized spacial score (nSPS) is 18.5. The van der Waals surface area contributed by atoms with Crippen molar-refractivity contribution in [2.24, 2.45) is 5.92 Å². The van der Waals surface area contributed by atoms with Crippen LogP contribution in [-0.2, 0) is 11.3 Å². The summed E-state index contributed by atoms with van der Waals surface area (Å²) in [5.74, 6) is 0.927. The number of aromatic nitrogens is 2. The lowest BCUT2D eigenvalue weighted by atomic mass is 10.1. The summed E-state index contributed by atoms with van der Waals surface area (Å²) in [5, 5.41) is 8.09. The molecule has 1 N–H and O–H groups in total. The Bertz CT molecular complexity index is 932. The van der Waals surface area contributed by atoms with Crippen LogP contribution in [0.1, 0.15) is 29.0 Å². The number of rotatable bonds is 5. The molecule has 4 rings (SSSR count). The molecule has 0 radical (unpaired) electrons. The van der Waals surface area contributed by atoms with E-state index >= 15 is 0 Å². The number of benzene rings is 2. The Hall–Kier alpha value is -2.59. The van der Waals surface area contributed by atoms with Crippen molar-refractivity contribution < 1.29 is 4.79 Å². The summed E-state index contributed by atoms with van der Waals surface area (Å²) in [7, 11) is 0. The van der Waals surface area contributed by atoms with E-state index in [0.29, 0.717) is 6.54 Å². The molecule has 1 aliphatic rings. The second-order valence-corrected chi connectivity index (χ2v) is 7.23. The third-order valence-electron chi connectivity index (χ3n) is 4.85. The zero-order valence-electron chi connectivity index (χ0n) is 14.5. The van der Waals surface area contributed by atoms with Gasteiger partial charge in [-0.25, -0.2) is 4.68 Å². The SMILES string of the molecule is Cc1ccc(Cn2nccc2NC(=O)C2CC2c2ccccc2Cl)cc1. The quantitative estimate of drug-likeness (QED) is 0.716. The highest BCUT2D eigenvalue weighted by Crippen LogP contribution is 2.49.